The number of rotatable bonds is 8. The second kappa shape index (κ2) is 9.17. The Morgan fingerprint density at radius 1 is 1.00 bits per heavy atom. The molecule has 3 amide bonds. The van der Waals surface area contributed by atoms with Crippen molar-refractivity contribution in [1.82, 2.24) is 5.32 Å². The Morgan fingerprint density at radius 3 is 2.24 bits per heavy atom. The maximum absolute atomic E-state index is 11.8. The van der Waals surface area contributed by atoms with E-state index in [1.165, 1.54) is 0 Å². The Balaban J connectivity index is 1.68. The summed E-state index contributed by atoms with van der Waals surface area (Å²) in [7, 11) is 1.60. The molecule has 25 heavy (non-hydrogen) atoms. The van der Waals surface area contributed by atoms with E-state index in [0.29, 0.717) is 24.6 Å². The first-order valence-corrected chi connectivity index (χ1v) is 7.76. The fourth-order valence-electron chi connectivity index (χ4n) is 2.07. The van der Waals surface area contributed by atoms with Crippen molar-refractivity contribution < 1.29 is 19.1 Å². The van der Waals surface area contributed by atoms with E-state index in [1.54, 1.807) is 55.6 Å². The number of methoxy groups -OCH3 is 1. The zero-order chi connectivity index (χ0) is 18.1. The number of primary amides is 1. The molecule has 0 unspecified atom stereocenters. The molecule has 0 radical (unpaired) electrons. The van der Waals surface area contributed by atoms with Crippen LogP contribution in [0.15, 0.2) is 48.5 Å². The van der Waals surface area contributed by atoms with Gasteiger partial charge in [-0.05, 0) is 42.0 Å². The molecule has 2 aromatic rings. The Labute approximate surface area is 146 Å². The van der Waals surface area contributed by atoms with Crippen molar-refractivity contribution in [2.75, 3.05) is 19.0 Å². The van der Waals surface area contributed by atoms with Crippen molar-refractivity contribution in [2.45, 2.75) is 13.0 Å². The Hall–Kier alpha value is -3.22. The van der Waals surface area contributed by atoms with Gasteiger partial charge in [0.2, 0.25) is 5.91 Å². The molecule has 132 valence electrons. The monoisotopic (exact) mass is 343 g/mol. The SMILES string of the molecule is COc1ccc(OCCC(=O)NCc2ccc(NC(N)=O)cc2)cc1. The number of urea groups is 1. The van der Waals surface area contributed by atoms with Crippen LogP contribution >= 0.6 is 0 Å². The summed E-state index contributed by atoms with van der Waals surface area (Å²) in [6, 6.07) is 13.6. The topological polar surface area (TPSA) is 103 Å². The standard InChI is InChI=1S/C18H21N3O4/c1-24-15-6-8-16(9-7-15)25-11-10-17(22)20-12-13-2-4-14(5-3-13)21-18(19)23/h2-9H,10-12H2,1H3,(H,20,22)(H3,19,21,23). The molecule has 0 saturated carbocycles. The van der Waals surface area contributed by atoms with E-state index >= 15 is 0 Å². The van der Waals surface area contributed by atoms with E-state index in [-0.39, 0.29) is 12.3 Å². The van der Waals surface area contributed by atoms with Gasteiger partial charge >= 0.3 is 6.03 Å². The number of carbonyl (C=O) groups excluding carboxylic acids is 2. The average Bonchev–Trinajstić information content (AvgIpc) is 2.61. The van der Waals surface area contributed by atoms with Gasteiger partial charge in [-0.2, -0.15) is 0 Å². The van der Waals surface area contributed by atoms with Crippen LogP contribution < -0.4 is 25.8 Å². The van der Waals surface area contributed by atoms with Crippen molar-refractivity contribution in [3.8, 4) is 11.5 Å². The third-order valence-corrected chi connectivity index (χ3v) is 3.37. The van der Waals surface area contributed by atoms with E-state index in [4.69, 9.17) is 15.2 Å². The first-order valence-electron chi connectivity index (χ1n) is 7.76. The molecule has 0 aliphatic heterocycles. The van der Waals surface area contributed by atoms with E-state index in [2.05, 4.69) is 10.6 Å². The summed E-state index contributed by atoms with van der Waals surface area (Å²) in [5.41, 5.74) is 6.56. The number of ether oxygens (including phenoxy) is 2. The smallest absolute Gasteiger partial charge is 0.316 e. The predicted octanol–water partition coefficient (Wildman–Crippen LogP) is 2.27. The molecule has 0 spiro atoms. The molecule has 2 aromatic carbocycles. The van der Waals surface area contributed by atoms with Gasteiger partial charge < -0.3 is 25.8 Å². The van der Waals surface area contributed by atoms with Crippen molar-refractivity contribution in [3.63, 3.8) is 0 Å². The number of hydrogen-bond donors (Lipinski definition) is 3. The maximum atomic E-state index is 11.8. The Kier molecular flexibility index (Phi) is 6.65. The highest BCUT2D eigenvalue weighted by atomic mass is 16.5. The molecule has 0 aliphatic rings. The zero-order valence-electron chi connectivity index (χ0n) is 14.0. The van der Waals surface area contributed by atoms with Gasteiger partial charge in [-0.25, -0.2) is 4.79 Å². The molecule has 0 heterocycles. The largest absolute Gasteiger partial charge is 0.497 e. The minimum Gasteiger partial charge on any atom is -0.497 e. The van der Waals surface area contributed by atoms with Crippen LogP contribution in [-0.2, 0) is 11.3 Å². The Morgan fingerprint density at radius 2 is 1.64 bits per heavy atom. The van der Waals surface area contributed by atoms with Gasteiger partial charge in [-0.1, -0.05) is 12.1 Å². The van der Waals surface area contributed by atoms with Gasteiger partial charge in [0.25, 0.3) is 0 Å². The normalized spacial score (nSPS) is 9.96. The van der Waals surface area contributed by atoms with E-state index in [1.807, 2.05) is 0 Å². The molecule has 7 nitrogen and oxygen atoms in total. The second-order valence-corrected chi connectivity index (χ2v) is 5.24. The van der Waals surface area contributed by atoms with Gasteiger partial charge in [0.1, 0.15) is 11.5 Å². The van der Waals surface area contributed by atoms with Gasteiger partial charge in [-0.3, -0.25) is 4.79 Å². The molecule has 2 rings (SSSR count). The van der Waals surface area contributed by atoms with Crippen molar-refractivity contribution in [1.29, 1.82) is 0 Å². The predicted molar refractivity (Wildman–Crippen MR) is 94.6 cm³/mol. The van der Waals surface area contributed by atoms with Gasteiger partial charge in [-0.15, -0.1) is 0 Å². The second-order valence-electron chi connectivity index (χ2n) is 5.24. The number of hydrogen-bond acceptors (Lipinski definition) is 4. The van der Waals surface area contributed by atoms with E-state index in [0.717, 1.165) is 11.3 Å². The summed E-state index contributed by atoms with van der Waals surface area (Å²) in [6.45, 7) is 0.692. The van der Waals surface area contributed by atoms with Crippen LogP contribution in [0.4, 0.5) is 10.5 Å². The molecule has 0 atom stereocenters. The van der Waals surface area contributed by atoms with E-state index < -0.39 is 6.03 Å². The Bertz CT molecular complexity index is 699. The number of nitrogens with two attached hydrogens (primary N) is 1. The molecular formula is C18H21N3O4. The van der Waals surface area contributed by atoms with E-state index in [9.17, 15) is 9.59 Å². The fourth-order valence-corrected chi connectivity index (χ4v) is 2.07. The summed E-state index contributed by atoms with van der Waals surface area (Å²) in [5, 5.41) is 5.29. The number of anilines is 1. The van der Waals surface area contributed by atoms with Crippen LogP contribution in [0, 0.1) is 0 Å². The number of nitrogens with one attached hydrogen (secondary N) is 2. The summed E-state index contributed by atoms with van der Waals surface area (Å²) in [5.74, 6) is 1.33. The lowest BCUT2D eigenvalue weighted by atomic mass is 10.2. The lowest BCUT2D eigenvalue weighted by molar-refractivity contribution is -0.121. The minimum atomic E-state index is -0.613. The van der Waals surface area contributed by atoms with Gasteiger partial charge in [0, 0.05) is 12.2 Å². The highest BCUT2D eigenvalue weighted by molar-refractivity contribution is 5.87. The molecule has 7 heteroatoms. The first kappa shape index (κ1) is 18.1. The van der Waals surface area contributed by atoms with Gasteiger partial charge in [0.05, 0.1) is 20.1 Å². The van der Waals surface area contributed by atoms with Crippen molar-refractivity contribution >= 4 is 17.6 Å². The third kappa shape index (κ3) is 6.42. The summed E-state index contributed by atoms with van der Waals surface area (Å²) >= 11 is 0. The minimum absolute atomic E-state index is 0.104. The number of benzene rings is 2. The molecular weight excluding hydrogens is 322 g/mol. The molecule has 0 aliphatic carbocycles. The molecule has 0 bridgehead atoms. The third-order valence-electron chi connectivity index (χ3n) is 3.37. The summed E-state index contributed by atoms with van der Waals surface area (Å²) in [4.78, 5) is 22.6. The maximum Gasteiger partial charge on any atom is 0.316 e. The number of carbonyl (C=O) groups is 2. The highest BCUT2D eigenvalue weighted by Gasteiger charge is 2.03. The average molecular weight is 343 g/mol. The number of amides is 3. The van der Waals surface area contributed by atoms with Crippen LogP contribution in [0.3, 0.4) is 0 Å². The van der Waals surface area contributed by atoms with Crippen molar-refractivity contribution in [3.05, 3.63) is 54.1 Å². The fraction of sp³-hybridized carbons (Fsp3) is 0.222. The van der Waals surface area contributed by atoms with Crippen LogP contribution in [0.25, 0.3) is 0 Å². The van der Waals surface area contributed by atoms with Crippen LogP contribution in [0.2, 0.25) is 0 Å². The molecule has 0 fully saturated rings. The van der Waals surface area contributed by atoms with Gasteiger partial charge in [0.15, 0.2) is 0 Å². The summed E-state index contributed by atoms with van der Waals surface area (Å²) < 4.78 is 10.6. The van der Waals surface area contributed by atoms with Crippen LogP contribution in [0.1, 0.15) is 12.0 Å². The van der Waals surface area contributed by atoms with Crippen molar-refractivity contribution in [2.24, 2.45) is 5.73 Å². The molecule has 0 aromatic heterocycles. The van der Waals surface area contributed by atoms with Crippen LogP contribution in [0.5, 0.6) is 11.5 Å². The zero-order valence-corrected chi connectivity index (χ0v) is 14.0. The highest BCUT2D eigenvalue weighted by Crippen LogP contribution is 2.17. The lowest BCUT2D eigenvalue weighted by Crippen LogP contribution is -2.24. The summed E-state index contributed by atoms with van der Waals surface area (Å²) in [6.07, 6.45) is 0.257. The van der Waals surface area contributed by atoms with Crippen LogP contribution in [-0.4, -0.2) is 25.7 Å². The first-order chi connectivity index (χ1) is 12.1. The molecule has 4 N–H and O–H groups in total. The quantitative estimate of drug-likeness (QED) is 0.684. The lowest BCUT2D eigenvalue weighted by Gasteiger charge is -2.08. The molecule has 0 saturated heterocycles.